The van der Waals surface area contributed by atoms with E-state index in [1.807, 2.05) is 13.8 Å². The zero-order valence-electron chi connectivity index (χ0n) is 14.6. The number of carbonyl (C=O) groups excluding carboxylic acids is 1. The van der Waals surface area contributed by atoms with Crippen molar-refractivity contribution in [2.75, 3.05) is 7.11 Å². The fraction of sp³-hybridized carbons (Fsp3) is 0.222. The SMILES string of the molecule is COc1ncc(C(=O)NC(C)c2cnn(-c3cccc(F)c3)c2C)cn1. The van der Waals surface area contributed by atoms with Crippen LogP contribution in [-0.2, 0) is 0 Å². The number of ether oxygens (including phenoxy) is 1. The summed E-state index contributed by atoms with van der Waals surface area (Å²) in [5.74, 6) is -0.641. The molecular formula is C18H18FN5O2. The molecule has 8 heteroatoms. The summed E-state index contributed by atoms with van der Waals surface area (Å²) in [6.07, 6.45) is 4.46. The second-order valence-electron chi connectivity index (χ2n) is 5.73. The van der Waals surface area contributed by atoms with E-state index < -0.39 is 0 Å². The van der Waals surface area contributed by atoms with Gasteiger partial charge < -0.3 is 10.1 Å². The van der Waals surface area contributed by atoms with Gasteiger partial charge in [0.2, 0.25) is 0 Å². The molecule has 1 amide bonds. The van der Waals surface area contributed by atoms with Crippen molar-refractivity contribution >= 4 is 5.91 Å². The summed E-state index contributed by atoms with van der Waals surface area (Å²) >= 11 is 0. The summed E-state index contributed by atoms with van der Waals surface area (Å²) in [4.78, 5) is 20.2. The molecule has 0 radical (unpaired) electrons. The molecule has 1 atom stereocenters. The van der Waals surface area contributed by atoms with Crippen LogP contribution in [0.15, 0.2) is 42.9 Å². The van der Waals surface area contributed by atoms with Crippen LogP contribution in [-0.4, -0.2) is 32.8 Å². The van der Waals surface area contributed by atoms with Gasteiger partial charge >= 0.3 is 6.01 Å². The van der Waals surface area contributed by atoms with E-state index in [1.54, 1.807) is 23.0 Å². The van der Waals surface area contributed by atoms with Crippen molar-refractivity contribution in [2.45, 2.75) is 19.9 Å². The third-order valence-electron chi connectivity index (χ3n) is 3.99. The minimum absolute atomic E-state index is 0.196. The molecule has 7 nitrogen and oxygen atoms in total. The van der Waals surface area contributed by atoms with Crippen LogP contribution < -0.4 is 10.1 Å². The number of carbonyl (C=O) groups is 1. The number of aromatic nitrogens is 4. The molecule has 0 saturated carbocycles. The lowest BCUT2D eigenvalue weighted by atomic mass is 10.1. The smallest absolute Gasteiger partial charge is 0.316 e. The first-order valence-corrected chi connectivity index (χ1v) is 7.97. The Balaban J connectivity index is 1.77. The number of rotatable bonds is 5. The molecular weight excluding hydrogens is 337 g/mol. The third kappa shape index (κ3) is 3.53. The van der Waals surface area contributed by atoms with Gasteiger partial charge in [-0.25, -0.2) is 19.0 Å². The van der Waals surface area contributed by atoms with Crippen molar-refractivity contribution in [1.29, 1.82) is 0 Å². The van der Waals surface area contributed by atoms with Gasteiger partial charge in [0.1, 0.15) is 5.82 Å². The molecule has 3 rings (SSSR count). The monoisotopic (exact) mass is 355 g/mol. The zero-order valence-corrected chi connectivity index (χ0v) is 14.6. The van der Waals surface area contributed by atoms with Crippen LogP contribution >= 0.6 is 0 Å². The predicted octanol–water partition coefficient (Wildman–Crippen LogP) is 2.61. The Morgan fingerprint density at radius 1 is 1.27 bits per heavy atom. The lowest BCUT2D eigenvalue weighted by Gasteiger charge is -2.14. The van der Waals surface area contributed by atoms with E-state index >= 15 is 0 Å². The number of methoxy groups -OCH3 is 1. The maximum atomic E-state index is 13.4. The van der Waals surface area contributed by atoms with Gasteiger partial charge in [-0.2, -0.15) is 5.10 Å². The summed E-state index contributed by atoms with van der Waals surface area (Å²) in [7, 11) is 1.45. The molecule has 0 bridgehead atoms. The van der Waals surface area contributed by atoms with Gasteiger partial charge in [0.25, 0.3) is 5.91 Å². The number of amides is 1. The standard InChI is InChI=1S/C18H18FN5O2/c1-11(23-17(25)13-8-20-18(26-3)21-9-13)16-10-22-24(12(16)2)15-6-4-5-14(19)7-15/h4-11H,1-3H3,(H,23,25). The minimum atomic E-state index is -0.334. The van der Waals surface area contributed by atoms with Crippen LogP contribution in [0.3, 0.4) is 0 Å². The van der Waals surface area contributed by atoms with Gasteiger partial charge in [0.15, 0.2) is 0 Å². The molecule has 0 aliphatic carbocycles. The fourth-order valence-corrected chi connectivity index (χ4v) is 2.61. The van der Waals surface area contributed by atoms with Gasteiger partial charge in [0, 0.05) is 23.7 Å². The van der Waals surface area contributed by atoms with Gasteiger partial charge in [-0.05, 0) is 32.0 Å². The first-order chi connectivity index (χ1) is 12.5. The molecule has 1 aromatic carbocycles. The normalized spacial score (nSPS) is 11.8. The van der Waals surface area contributed by atoms with Crippen molar-refractivity contribution in [2.24, 2.45) is 0 Å². The molecule has 0 aliphatic heterocycles. The van der Waals surface area contributed by atoms with Gasteiger partial charge in [-0.3, -0.25) is 4.79 Å². The highest BCUT2D eigenvalue weighted by Crippen LogP contribution is 2.21. The number of hydrogen-bond donors (Lipinski definition) is 1. The molecule has 0 aliphatic rings. The van der Waals surface area contributed by atoms with Gasteiger partial charge in [0.05, 0.1) is 30.6 Å². The topological polar surface area (TPSA) is 81.9 Å². The summed E-state index contributed by atoms with van der Waals surface area (Å²) in [5, 5.41) is 7.19. The number of nitrogens with one attached hydrogen (secondary N) is 1. The number of benzene rings is 1. The Kier molecular flexibility index (Phi) is 4.92. The van der Waals surface area contributed by atoms with Crippen molar-refractivity contribution in [3.05, 3.63) is 65.5 Å². The second-order valence-corrected chi connectivity index (χ2v) is 5.73. The zero-order chi connectivity index (χ0) is 18.7. The molecule has 1 N–H and O–H groups in total. The highest BCUT2D eigenvalue weighted by atomic mass is 19.1. The molecule has 0 fully saturated rings. The molecule has 0 spiro atoms. The fourth-order valence-electron chi connectivity index (χ4n) is 2.61. The quantitative estimate of drug-likeness (QED) is 0.761. The van der Waals surface area contributed by atoms with Crippen molar-refractivity contribution in [1.82, 2.24) is 25.1 Å². The average molecular weight is 355 g/mol. The maximum absolute atomic E-state index is 13.4. The first kappa shape index (κ1) is 17.5. The Morgan fingerprint density at radius 3 is 2.65 bits per heavy atom. The Bertz CT molecular complexity index is 924. The number of hydrogen-bond acceptors (Lipinski definition) is 5. The van der Waals surface area contributed by atoms with Crippen LogP contribution in [0.25, 0.3) is 5.69 Å². The minimum Gasteiger partial charge on any atom is -0.467 e. The van der Waals surface area contributed by atoms with E-state index in [4.69, 9.17) is 4.74 Å². The Labute approximate surface area is 149 Å². The highest BCUT2D eigenvalue weighted by molar-refractivity contribution is 5.93. The lowest BCUT2D eigenvalue weighted by Crippen LogP contribution is -2.27. The van der Waals surface area contributed by atoms with Gasteiger partial charge in [-0.15, -0.1) is 0 Å². The molecule has 1 unspecified atom stereocenters. The van der Waals surface area contributed by atoms with Crippen LogP contribution in [0, 0.1) is 12.7 Å². The number of nitrogens with zero attached hydrogens (tertiary/aromatic N) is 4. The Morgan fingerprint density at radius 2 is 2.00 bits per heavy atom. The summed E-state index contributed by atoms with van der Waals surface area (Å²) in [6, 6.07) is 6.07. The van der Waals surface area contributed by atoms with Crippen LogP contribution in [0.4, 0.5) is 4.39 Å². The van der Waals surface area contributed by atoms with Gasteiger partial charge in [-0.1, -0.05) is 6.07 Å². The largest absolute Gasteiger partial charge is 0.467 e. The van der Waals surface area contributed by atoms with Crippen LogP contribution in [0.1, 0.15) is 34.6 Å². The molecule has 0 saturated heterocycles. The molecule has 3 aromatic rings. The Hall–Kier alpha value is -3.29. The van der Waals surface area contributed by atoms with E-state index in [-0.39, 0.29) is 23.8 Å². The third-order valence-corrected chi connectivity index (χ3v) is 3.99. The highest BCUT2D eigenvalue weighted by Gasteiger charge is 2.18. The van der Waals surface area contributed by atoms with Crippen LogP contribution in [0.5, 0.6) is 6.01 Å². The molecule has 2 heterocycles. The summed E-state index contributed by atoms with van der Waals surface area (Å²) < 4.78 is 20.0. The predicted molar refractivity (Wildman–Crippen MR) is 92.7 cm³/mol. The van der Waals surface area contributed by atoms with Crippen molar-refractivity contribution < 1.29 is 13.9 Å². The summed E-state index contributed by atoms with van der Waals surface area (Å²) in [5.41, 5.74) is 2.59. The van der Waals surface area contributed by atoms with E-state index in [0.717, 1.165) is 11.3 Å². The molecule has 26 heavy (non-hydrogen) atoms. The molecule has 134 valence electrons. The first-order valence-electron chi connectivity index (χ1n) is 7.97. The second kappa shape index (κ2) is 7.30. The lowest BCUT2D eigenvalue weighted by molar-refractivity contribution is 0.0939. The van der Waals surface area contributed by atoms with E-state index in [0.29, 0.717) is 11.3 Å². The summed E-state index contributed by atoms with van der Waals surface area (Å²) in [6.45, 7) is 3.72. The van der Waals surface area contributed by atoms with Crippen molar-refractivity contribution in [3.63, 3.8) is 0 Å². The number of halogens is 1. The van der Waals surface area contributed by atoms with Crippen molar-refractivity contribution in [3.8, 4) is 11.7 Å². The van der Waals surface area contributed by atoms with Crippen LogP contribution in [0.2, 0.25) is 0 Å². The van der Waals surface area contributed by atoms with E-state index in [1.165, 1.54) is 31.6 Å². The van der Waals surface area contributed by atoms with E-state index in [9.17, 15) is 9.18 Å². The maximum Gasteiger partial charge on any atom is 0.316 e. The molecule has 2 aromatic heterocycles. The van der Waals surface area contributed by atoms with E-state index in [2.05, 4.69) is 20.4 Å². The average Bonchev–Trinajstić information content (AvgIpc) is 3.03.